The molecule has 0 N–H and O–H groups in total. The fourth-order valence-corrected chi connectivity index (χ4v) is 1.25. The minimum Gasteiger partial charge on any atom is -0.492 e. The molecule has 0 aliphatic carbocycles. The van der Waals surface area contributed by atoms with Crippen molar-refractivity contribution in [1.82, 2.24) is 0 Å². The van der Waals surface area contributed by atoms with Gasteiger partial charge in [-0.2, -0.15) is 12.6 Å². The third-order valence-corrected chi connectivity index (χ3v) is 1.90. The molecule has 0 amide bonds. The van der Waals surface area contributed by atoms with Crippen LogP contribution in [-0.4, -0.2) is 12.4 Å². The van der Waals surface area contributed by atoms with Gasteiger partial charge in [0.05, 0.1) is 6.61 Å². The van der Waals surface area contributed by atoms with E-state index in [2.05, 4.69) is 12.6 Å². The number of hydrogen-bond acceptors (Lipinski definition) is 2. The zero-order valence-electron chi connectivity index (χ0n) is 6.88. The highest BCUT2D eigenvalue weighted by atomic mass is 35.5. The first-order chi connectivity index (χ1) is 5.74. The maximum absolute atomic E-state index is 5.78. The minimum atomic E-state index is 0.631. The molecule has 0 aliphatic heterocycles. The number of aryl methyl sites for hydroxylation is 1. The molecule has 1 nitrogen and oxygen atoms in total. The van der Waals surface area contributed by atoms with Crippen LogP contribution in [0, 0.1) is 6.92 Å². The van der Waals surface area contributed by atoms with Crippen molar-refractivity contribution < 1.29 is 4.74 Å². The normalized spacial score (nSPS) is 9.92. The molecule has 12 heavy (non-hydrogen) atoms. The van der Waals surface area contributed by atoms with Crippen LogP contribution in [0.25, 0.3) is 0 Å². The van der Waals surface area contributed by atoms with Crippen LogP contribution in [0.1, 0.15) is 5.56 Å². The lowest BCUT2D eigenvalue weighted by atomic mass is 10.2. The number of ether oxygens (including phenoxy) is 1. The molecule has 66 valence electrons. The predicted octanol–water partition coefficient (Wildman–Crippen LogP) is 2.96. The van der Waals surface area contributed by atoms with Crippen LogP contribution in [0.15, 0.2) is 18.2 Å². The third-order valence-electron chi connectivity index (χ3n) is 1.49. The second-order valence-electron chi connectivity index (χ2n) is 2.48. The average Bonchev–Trinajstić information content (AvgIpc) is 2.03. The topological polar surface area (TPSA) is 9.23 Å². The van der Waals surface area contributed by atoms with Crippen LogP contribution in [0.5, 0.6) is 5.75 Å². The molecule has 0 aliphatic rings. The Kier molecular flexibility index (Phi) is 3.76. The van der Waals surface area contributed by atoms with E-state index in [1.165, 1.54) is 0 Å². The number of thiol groups is 1. The van der Waals surface area contributed by atoms with Crippen LogP contribution < -0.4 is 4.74 Å². The highest BCUT2D eigenvalue weighted by Crippen LogP contribution is 2.21. The summed E-state index contributed by atoms with van der Waals surface area (Å²) in [5, 5.41) is 0.741. The summed E-state index contributed by atoms with van der Waals surface area (Å²) in [4.78, 5) is 0. The molecule has 0 fully saturated rings. The molecule has 1 aromatic rings. The van der Waals surface area contributed by atoms with Crippen LogP contribution in [0.2, 0.25) is 5.02 Å². The van der Waals surface area contributed by atoms with Gasteiger partial charge in [0.15, 0.2) is 0 Å². The van der Waals surface area contributed by atoms with Crippen LogP contribution in [0.3, 0.4) is 0 Å². The minimum absolute atomic E-state index is 0.631. The first-order valence-corrected chi connectivity index (χ1v) is 4.75. The molecular formula is C9H11ClOS. The van der Waals surface area contributed by atoms with Crippen molar-refractivity contribution in [2.45, 2.75) is 6.92 Å². The molecule has 1 rings (SSSR count). The Balaban J connectivity index is 2.72. The van der Waals surface area contributed by atoms with Crippen molar-refractivity contribution in [3.8, 4) is 5.75 Å². The summed E-state index contributed by atoms with van der Waals surface area (Å²) in [6.45, 7) is 2.60. The zero-order valence-corrected chi connectivity index (χ0v) is 8.53. The van der Waals surface area contributed by atoms with Crippen molar-refractivity contribution in [3.05, 3.63) is 28.8 Å². The van der Waals surface area contributed by atoms with Gasteiger partial charge in [0.1, 0.15) is 5.75 Å². The summed E-state index contributed by atoms with van der Waals surface area (Å²) >= 11 is 9.83. The lowest BCUT2D eigenvalue weighted by molar-refractivity contribution is 0.342. The summed E-state index contributed by atoms with van der Waals surface area (Å²) in [5.41, 5.74) is 1.06. The van der Waals surface area contributed by atoms with E-state index in [9.17, 15) is 0 Å². The third kappa shape index (κ3) is 2.61. The van der Waals surface area contributed by atoms with E-state index in [1.807, 2.05) is 25.1 Å². The van der Waals surface area contributed by atoms with E-state index >= 15 is 0 Å². The first-order valence-electron chi connectivity index (χ1n) is 3.74. The van der Waals surface area contributed by atoms with E-state index in [4.69, 9.17) is 16.3 Å². The van der Waals surface area contributed by atoms with Crippen molar-refractivity contribution in [2.75, 3.05) is 12.4 Å². The largest absolute Gasteiger partial charge is 0.492 e. The molecule has 0 bridgehead atoms. The molecule has 0 heterocycles. The van der Waals surface area contributed by atoms with Crippen molar-refractivity contribution in [2.24, 2.45) is 0 Å². The standard InChI is InChI=1S/C9H11ClOS/c1-7-6-8(10)2-3-9(7)11-4-5-12/h2-3,6,12H,4-5H2,1H3. The van der Waals surface area contributed by atoms with Crippen LogP contribution in [-0.2, 0) is 0 Å². The van der Waals surface area contributed by atoms with Crippen molar-refractivity contribution in [3.63, 3.8) is 0 Å². The monoisotopic (exact) mass is 202 g/mol. The van der Waals surface area contributed by atoms with Gasteiger partial charge in [0.25, 0.3) is 0 Å². The van der Waals surface area contributed by atoms with E-state index in [0.29, 0.717) is 6.61 Å². The molecule has 0 saturated carbocycles. The molecular weight excluding hydrogens is 192 g/mol. The highest BCUT2D eigenvalue weighted by Gasteiger charge is 1.98. The highest BCUT2D eigenvalue weighted by molar-refractivity contribution is 7.80. The Morgan fingerprint density at radius 3 is 2.83 bits per heavy atom. The number of halogens is 1. The maximum Gasteiger partial charge on any atom is 0.122 e. The summed E-state index contributed by atoms with van der Waals surface area (Å²) in [5.74, 6) is 1.61. The van der Waals surface area contributed by atoms with E-state index < -0.39 is 0 Å². The molecule has 0 atom stereocenters. The Bertz CT molecular complexity index is 263. The SMILES string of the molecule is Cc1cc(Cl)ccc1OCCS. The van der Waals surface area contributed by atoms with Crippen LogP contribution >= 0.6 is 24.2 Å². The molecule has 0 spiro atoms. The summed E-state index contributed by atoms with van der Waals surface area (Å²) < 4.78 is 5.41. The van der Waals surface area contributed by atoms with Gasteiger partial charge in [-0.1, -0.05) is 11.6 Å². The van der Waals surface area contributed by atoms with Crippen LogP contribution in [0.4, 0.5) is 0 Å². The smallest absolute Gasteiger partial charge is 0.122 e. The Hall–Kier alpha value is -0.340. The Morgan fingerprint density at radius 2 is 2.25 bits per heavy atom. The molecule has 0 radical (unpaired) electrons. The Labute approximate surface area is 83.1 Å². The molecule has 3 heteroatoms. The van der Waals surface area contributed by atoms with Crippen molar-refractivity contribution in [1.29, 1.82) is 0 Å². The first kappa shape index (κ1) is 9.75. The van der Waals surface area contributed by atoms with Gasteiger partial charge in [-0.25, -0.2) is 0 Å². The van der Waals surface area contributed by atoms with Gasteiger partial charge in [-0.3, -0.25) is 0 Å². The lowest BCUT2D eigenvalue weighted by Crippen LogP contribution is -1.99. The number of benzene rings is 1. The van der Waals surface area contributed by atoms with Gasteiger partial charge in [-0.05, 0) is 30.7 Å². The lowest BCUT2D eigenvalue weighted by Gasteiger charge is -2.07. The second kappa shape index (κ2) is 4.63. The zero-order chi connectivity index (χ0) is 8.97. The molecule has 0 saturated heterocycles. The van der Waals surface area contributed by atoms with Gasteiger partial charge in [0, 0.05) is 10.8 Å². The van der Waals surface area contributed by atoms with E-state index in [-0.39, 0.29) is 0 Å². The van der Waals surface area contributed by atoms with Gasteiger partial charge in [0.2, 0.25) is 0 Å². The fourth-order valence-electron chi connectivity index (χ4n) is 0.930. The summed E-state index contributed by atoms with van der Waals surface area (Å²) in [6, 6.07) is 5.58. The van der Waals surface area contributed by atoms with E-state index in [1.54, 1.807) is 0 Å². The maximum atomic E-state index is 5.78. The predicted molar refractivity (Wildman–Crippen MR) is 55.5 cm³/mol. The molecule has 0 aromatic heterocycles. The number of hydrogen-bond donors (Lipinski definition) is 1. The molecule has 0 unspecified atom stereocenters. The summed E-state index contributed by atoms with van der Waals surface area (Å²) in [6.07, 6.45) is 0. The molecule has 1 aromatic carbocycles. The Morgan fingerprint density at radius 1 is 1.50 bits per heavy atom. The van der Waals surface area contributed by atoms with E-state index in [0.717, 1.165) is 22.1 Å². The van der Waals surface area contributed by atoms with Crippen molar-refractivity contribution >= 4 is 24.2 Å². The second-order valence-corrected chi connectivity index (χ2v) is 3.37. The number of rotatable bonds is 3. The van der Waals surface area contributed by atoms with Gasteiger partial charge in [-0.15, -0.1) is 0 Å². The van der Waals surface area contributed by atoms with Gasteiger partial charge < -0.3 is 4.74 Å². The quantitative estimate of drug-likeness (QED) is 0.742. The summed E-state index contributed by atoms with van der Waals surface area (Å²) in [7, 11) is 0. The fraction of sp³-hybridized carbons (Fsp3) is 0.333. The average molecular weight is 203 g/mol. The van der Waals surface area contributed by atoms with Gasteiger partial charge >= 0.3 is 0 Å².